The summed E-state index contributed by atoms with van der Waals surface area (Å²) in [5.41, 5.74) is 1.02. The highest BCUT2D eigenvalue weighted by molar-refractivity contribution is 6.30. The summed E-state index contributed by atoms with van der Waals surface area (Å²) >= 11 is 5.84. The minimum Gasteiger partial charge on any atom is -0.447 e. The highest BCUT2D eigenvalue weighted by Gasteiger charge is 2.33. The van der Waals surface area contributed by atoms with Crippen molar-refractivity contribution in [2.45, 2.75) is 6.04 Å². The van der Waals surface area contributed by atoms with Gasteiger partial charge in [0.15, 0.2) is 0 Å². The van der Waals surface area contributed by atoms with Crippen molar-refractivity contribution >= 4 is 17.7 Å². The van der Waals surface area contributed by atoms with Gasteiger partial charge in [-0.15, -0.1) is 0 Å². The maximum atomic E-state index is 11.6. The molecule has 1 heterocycles. The molecule has 1 aromatic carbocycles. The second kappa shape index (κ2) is 5.38. The number of benzene rings is 1. The van der Waals surface area contributed by atoms with Gasteiger partial charge in [0.25, 0.3) is 0 Å². The van der Waals surface area contributed by atoms with Crippen LogP contribution in [0.2, 0.25) is 5.02 Å². The Morgan fingerprint density at radius 2 is 2.18 bits per heavy atom. The van der Waals surface area contributed by atoms with E-state index in [4.69, 9.17) is 21.1 Å². The zero-order chi connectivity index (χ0) is 12.3. The fourth-order valence-electron chi connectivity index (χ4n) is 1.85. The number of nitrogens with zero attached hydrogens (tertiary/aromatic N) is 1. The Kier molecular flexibility index (Phi) is 3.86. The molecule has 1 aliphatic heterocycles. The van der Waals surface area contributed by atoms with E-state index in [1.165, 1.54) is 0 Å². The lowest BCUT2D eigenvalue weighted by molar-refractivity contribution is 0.134. The van der Waals surface area contributed by atoms with Crippen LogP contribution >= 0.6 is 11.6 Å². The number of ether oxygens (including phenoxy) is 2. The number of methoxy groups -OCH3 is 1. The fourth-order valence-corrected chi connectivity index (χ4v) is 1.97. The average Bonchev–Trinajstić information content (AvgIpc) is 2.69. The van der Waals surface area contributed by atoms with Crippen molar-refractivity contribution in [3.63, 3.8) is 0 Å². The molecule has 1 fully saturated rings. The van der Waals surface area contributed by atoms with Crippen LogP contribution in [0.3, 0.4) is 0 Å². The Labute approximate surface area is 105 Å². The molecule has 0 spiro atoms. The minimum atomic E-state index is -0.290. The van der Waals surface area contributed by atoms with Crippen molar-refractivity contribution in [3.8, 4) is 0 Å². The Balaban J connectivity index is 2.13. The fraction of sp³-hybridized carbons (Fsp3) is 0.417. The average molecular weight is 256 g/mol. The summed E-state index contributed by atoms with van der Waals surface area (Å²) in [7, 11) is 1.61. The topological polar surface area (TPSA) is 38.8 Å². The van der Waals surface area contributed by atoms with Crippen LogP contribution in [0.5, 0.6) is 0 Å². The van der Waals surface area contributed by atoms with Crippen molar-refractivity contribution < 1.29 is 14.3 Å². The zero-order valence-corrected chi connectivity index (χ0v) is 10.3. The third-order valence-corrected chi connectivity index (χ3v) is 3.02. The highest BCUT2D eigenvalue weighted by Crippen LogP contribution is 2.28. The first-order chi connectivity index (χ1) is 8.22. The third kappa shape index (κ3) is 2.70. The number of rotatable bonds is 4. The van der Waals surface area contributed by atoms with Crippen LogP contribution < -0.4 is 0 Å². The lowest BCUT2D eigenvalue weighted by Crippen LogP contribution is -2.30. The van der Waals surface area contributed by atoms with E-state index in [0.717, 1.165) is 5.56 Å². The quantitative estimate of drug-likeness (QED) is 0.830. The number of carbonyl (C=O) groups is 1. The van der Waals surface area contributed by atoms with E-state index in [1.54, 1.807) is 12.0 Å². The van der Waals surface area contributed by atoms with Crippen LogP contribution in [-0.2, 0) is 9.47 Å². The second-order valence-electron chi connectivity index (χ2n) is 3.83. The van der Waals surface area contributed by atoms with Crippen LogP contribution in [0, 0.1) is 0 Å². The molecule has 1 unspecified atom stereocenters. The van der Waals surface area contributed by atoms with Gasteiger partial charge >= 0.3 is 6.09 Å². The predicted octanol–water partition coefficient (Wildman–Crippen LogP) is 2.48. The molecule has 4 nitrogen and oxygen atoms in total. The van der Waals surface area contributed by atoms with E-state index in [0.29, 0.717) is 24.8 Å². The molecule has 5 heteroatoms. The van der Waals surface area contributed by atoms with E-state index < -0.39 is 0 Å². The van der Waals surface area contributed by atoms with E-state index >= 15 is 0 Å². The van der Waals surface area contributed by atoms with Gasteiger partial charge in [-0.05, 0) is 17.7 Å². The van der Waals surface area contributed by atoms with E-state index in [-0.39, 0.29) is 12.1 Å². The SMILES string of the molecule is COCCN1C(=O)OCC1c1ccc(Cl)cc1. The molecule has 1 amide bonds. The van der Waals surface area contributed by atoms with Crippen LogP contribution in [-0.4, -0.2) is 37.9 Å². The van der Waals surface area contributed by atoms with Gasteiger partial charge in [-0.1, -0.05) is 23.7 Å². The normalized spacial score (nSPS) is 19.5. The van der Waals surface area contributed by atoms with E-state index in [9.17, 15) is 4.79 Å². The Morgan fingerprint density at radius 1 is 1.47 bits per heavy atom. The minimum absolute atomic E-state index is 0.0464. The molecule has 1 aliphatic rings. The van der Waals surface area contributed by atoms with Gasteiger partial charge in [-0.2, -0.15) is 0 Å². The number of carbonyl (C=O) groups excluding carboxylic acids is 1. The number of hydrogen-bond donors (Lipinski definition) is 0. The lowest BCUT2D eigenvalue weighted by Gasteiger charge is -2.21. The molecule has 17 heavy (non-hydrogen) atoms. The van der Waals surface area contributed by atoms with Gasteiger partial charge in [0.1, 0.15) is 6.61 Å². The van der Waals surface area contributed by atoms with Crippen molar-refractivity contribution in [3.05, 3.63) is 34.9 Å². The van der Waals surface area contributed by atoms with E-state index in [1.807, 2.05) is 24.3 Å². The number of halogens is 1. The summed E-state index contributed by atoms with van der Waals surface area (Å²) in [4.78, 5) is 13.2. The van der Waals surface area contributed by atoms with Crippen LogP contribution in [0.4, 0.5) is 4.79 Å². The van der Waals surface area contributed by atoms with Gasteiger partial charge in [0.05, 0.1) is 12.6 Å². The molecule has 0 bridgehead atoms. The van der Waals surface area contributed by atoms with Crippen molar-refractivity contribution in [2.75, 3.05) is 26.9 Å². The Hall–Kier alpha value is -1.26. The smallest absolute Gasteiger partial charge is 0.410 e. The van der Waals surface area contributed by atoms with Crippen LogP contribution in [0.1, 0.15) is 11.6 Å². The van der Waals surface area contributed by atoms with Gasteiger partial charge in [0, 0.05) is 18.7 Å². The van der Waals surface area contributed by atoms with Crippen LogP contribution in [0.15, 0.2) is 24.3 Å². The molecule has 1 saturated heterocycles. The molecule has 1 atom stereocenters. The summed E-state index contributed by atoms with van der Waals surface area (Å²) in [6.45, 7) is 1.41. The molecule has 0 aromatic heterocycles. The molecule has 0 N–H and O–H groups in total. The van der Waals surface area contributed by atoms with Crippen molar-refractivity contribution in [2.24, 2.45) is 0 Å². The zero-order valence-electron chi connectivity index (χ0n) is 9.56. The number of cyclic esters (lactones) is 1. The molecule has 0 radical (unpaired) electrons. The number of hydrogen-bond acceptors (Lipinski definition) is 3. The summed E-state index contributed by atoms with van der Waals surface area (Å²) < 4.78 is 10.0. The molecule has 92 valence electrons. The second-order valence-corrected chi connectivity index (χ2v) is 4.27. The van der Waals surface area contributed by atoms with Gasteiger partial charge < -0.3 is 9.47 Å². The molecule has 0 saturated carbocycles. The molecule has 1 aromatic rings. The summed E-state index contributed by atoms with van der Waals surface area (Å²) in [5.74, 6) is 0. The lowest BCUT2D eigenvalue weighted by atomic mass is 10.1. The summed E-state index contributed by atoms with van der Waals surface area (Å²) in [5, 5.41) is 0.683. The van der Waals surface area contributed by atoms with Gasteiger partial charge in [0.2, 0.25) is 0 Å². The van der Waals surface area contributed by atoms with E-state index in [2.05, 4.69) is 0 Å². The van der Waals surface area contributed by atoms with Crippen LogP contribution in [0.25, 0.3) is 0 Å². The molecule has 0 aliphatic carbocycles. The monoisotopic (exact) mass is 255 g/mol. The molecular formula is C12H14ClNO3. The first-order valence-electron chi connectivity index (χ1n) is 5.40. The van der Waals surface area contributed by atoms with Gasteiger partial charge in [-0.25, -0.2) is 4.79 Å². The first-order valence-corrected chi connectivity index (χ1v) is 5.78. The van der Waals surface area contributed by atoms with Crippen molar-refractivity contribution in [1.29, 1.82) is 0 Å². The van der Waals surface area contributed by atoms with Gasteiger partial charge in [-0.3, -0.25) is 4.90 Å². The first kappa shape index (κ1) is 12.2. The molecular weight excluding hydrogens is 242 g/mol. The maximum absolute atomic E-state index is 11.6. The third-order valence-electron chi connectivity index (χ3n) is 2.77. The van der Waals surface area contributed by atoms with Crippen molar-refractivity contribution in [1.82, 2.24) is 4.90 Å². The number of amides is 1. The molecule has 2 rings (SSSR count). The summed E-state index contributed by atoms with van der Waals surface area (Å²) in [6.07, 6.45) is -0.290. The Bertz CT molecular complexity index is 393. The Morgan fingerprint density at radius 3 is 2.82 bits per heavy atom. The predicted molar refractivity (Wildman–Crippen MR) is 64.1 cm³/mol. The highest BCUT2D eigenvalue weighted by atomic mass is 35.5. The standard InChI is InChI=1S/C12H14ClNO3/c1-16-7-6-14-11(8-17-12(14)15)9-2-4-10(13)5-3-9/h2-5,11H,6-8H2,1H3. The largest absolute Gasteiger partial charge is 0.447 e. The maximum Gasteiger partial charge on any atom is 0.410 e. The summed E-state index contributed by atoms with van der Waals surface area (Å²) in [6, 6.07) is 7.40.